The summed E-state index contributed by atoms with van der Waals surface area (Å²) < 4.78 is 12.2. The summed E-state index contributed by atoms with van der Waals surface area (Å²) >= 11 is 1.19. The fraction of sp³-hybridized carbons (Fsp3) is 0.125. The summed E-state index contributed by atoms with van der Waals surface area (Å²) in [7, 11) is 0. The molecule has 3 heterocycles. The van der Waals surface area contributed by atoms with Gasteiger partial charge in [-0.1, -0.05) is 17.8 Å². The zero-order valence-electron chi connectivity index (χ0n) is 13.3. The molecule has 2 N–H and O–H groups in total. The summed E-state index contributed by atoms with van der Waals surface area (Å²) in [4.78, 5) is 23.9. The van der Waals surface area contributed by atoms with Gasteiger partial charge in [0.2, 0.25) is 12.7 Å². The minimum Gasteiger partial charge on any atom is -0.454 e. The summed E-state index contributed by atoms with van der Waals surface area (Å²) in [5.74, 6) is 0.748. The molecule has 0 atom stereocenters. The number of nitrogens with zero attached hydrogens (tertiary/aromatic N) is 3. The quantitative estimate of drug-likeness (QED) is 0.675. The highest BCUT2D eigenvalue weighted by atomic mass is 32.2. The lowest BCUT2D eigenvalue weighted by molar-refractivity contribution is -0.117. The molecule has 0 fully saturated rings. The second-order valence-electron chi connectivity index (χ2n) is 5.27. The molecule has 0 aliphatic carbocycles. The summed E-state index contributed by atoms with van der Waals surface area (Å²) in [6.45, 7) is 0.151. The number of ether oxygens (including phenoxy) is 2. The predicted molar refractivity (Wildman–Crippen MR) is 93.4 cm³/mol. The molecule has 9 nitrogen and oxygen atoms in total. The van der Waals surface area contributed by atoms with E-state index >= 15 is 0 Å². The summed E-state index contributed by atoms with van der Waals surface area (Å²) in [5.41, 5.74) is 1.19. The molecule has 2 aromatic heterocycles. The number of thioether (sulfide) groups is 1. The van der Waals surface area contributed by atoms with Crippen LogP contribution in [0.2, 0.25) is 0 Å². The van der Waals surface area contributed by atoms with Crippen molar-refractivity contribution < 1.29 is 19.1 Å². The topological polar surface area (TPSA) is 107 Å². The Labute approximate surface area is 151 Å². The van der Waals surface area contributed by atoms with Gasteiger partial charge < -0.3 is 14.8 Å². The van der Waals surface area contributed by atoms with Crippen LogP contribution in [0.15, 0.2) is 47.8 Å². The Morgan fingerprint density at radius 1 is 1.15 bits per heavy atom. The number of imide groups is 1. The molecule has 1 aromatic carbocycles. The van der Waals surface area contributed by atoms with Crippen molar-refractivity contribution in [3.63, 3.8) is 0 Å². The molecule has 3 amide bonds. The van der Waals surface area contributed by atoms with Crippen molar-refractivity contribution in [2.24, 2.45) is 0 Å². The van der Waals surface area contributed by atoms with Crippen molar-refractivity contribution in [2.75, 3.05) is 17.9 Å². The number of urea groups is 1. The number of aromatic nitrogens is 3. The molecule has 3 aromatic rings. The van der Waals surface area contributed by atoms with Gasteiger partial charge in [0, 0.05) is 18.0 Å². The van der Waals surface area contributed by atoms with Crippen LogP contribution in [0, 0.1) is 0 Å². The zero-order valence-corrected chi connectivity index (χ0v) is 14.2. The first kappa shape index (κ1) is 16.2. The van der Waals surface area contributed by atoms with Gasteiger partial charge >= 0.3 is 6.03 Å². The van der Waals surface area contributed by atoms with Crippen molar-refractivity contribution in [3.8, 4) is 11.5 Å². The SMILES string of the molecule is O=C(CSc1nnc2ccccn12)NC(=O)Nc1ccc2c(c1)OCO2. The fourth-order valence-electron chi connectivity index (χ4n) is 2.35. The Morgan fingerprint density at radius 3 is 2.96 bits per heavy atom. The lowest BCUT2D eigenvalue weighted by Gasteiger charge is -2.07. The average molecular weight is 371 g/mol. The Hall–Kier alpha value is -3.27. The van der Waals surface area contributed by atoms with Crippen LogP contribution in [-0.4, -0.2) is 39.1 Å². The number of rotatable bonds is 4. The van der Waals surface area contributed by atoms with Crippen molar-refractivity contribution in [1.29, 1.82) is 0 Å². The first-order chi connectivity index (χ1) is 12.7. The number of fused-ring (bicyclic) bond motifs is 2. The van der Waals surface area contributed by atoms with E-state index in [0.717, 1.165) is 0 Å². The highest BCUT2D eigenvalue weighted by molar-refractivity contribution is 7.99. The highest BCUT2D eigenvalue weighted by Crippen LogP contribution is 2.34. The van der Waals surface area contributed by atoms with Gasteiger partial charge in [-0.2, -0.15) is 0 Å². The molecule has 0 unspecified atom stereocenters. The maximum atomic E-state index is 12.0. The van der Waals surface area contributed by atoms with Crippen LogP contribution in [0.1, 0.15) is 0 Å². The molecule has 26 heavy (non-hydrogen) atoms. The van der Waals surface area contributed by atoms with E-state index in [9.17, 15) is 9.59 Å². The van der Waals surface area contributed by atoms with Crippen LogP contribution >= 0.6 is 11.8 Å². The van der Waals surface area contributed by atoms with Gasteiger partial charge in [0.05, 0.1) is 5.75 Å². The molecular formula is C16H13N5O4S. The average Bonchev–Trinajstić information content (AvgIpc) is 3.26. The van der Waals surface area contributed by atoms with Crippen LogP contribution < -0.4 is 20.1 Å². The smallest absolute Gasteiger partial charge is 0.325 e. The summed E-state index contributed by atoms with van der Waals surface area (Å²) in [6, 6.07) is 9.87. The molecule has 132 valence electrons. The molecular weight excluding hydrogens is 358 g/mol. The van der Waals surface area contributed by atoms with Gasteiger partial charge in [0.1, 0.15) is 0 Å². The second kappa shape index (κ2) is 6.92. The summed E-state index contributed by atoms with van der Waals surface area (Å²) in [5, 5.41) is 13.4. The van der Waals surface area contributed by atoms with E-state index in [1.165, 1.54) is 11.8 Å². The van der Waals surface area contributed by atoms with E-state index in [0.29, 0.717) is 28.0 Å². The lowest BCUT2D eigenvalue weighted by Crippen LogP contribution is -2.35. The number of amides is 3. The van der Waals surface area contributed by atoms with Gasteiger partial charge in [-0.15, -0.1) is 10.2 Å². The zero-order chi connectivity index (χ0) is 17.9. The van der Waals surface area contributed by atoms with E-state index in [1.807, 2.05) is 24.4 Å². The molecule has 1 aliphatic heterocycles. The lowest BCUT2D eigenvalue weighted by atomic mass is 10.3. The third-order valence-corrected chi connectivity index (χ3v) is 4.44. The minimum absolute atomic E-state index is 0.0320. The van der Waals surface area contributed by atoms with Gasteiger partial charge in [-0.25, -0.2) is 4.79 Å². The number of pyridine rings is 1. The standard InChI is InChI=1S/C16H13N5O4S/c22-14(8-26-16-20-19-13-3-1-2-6-21(13)16)18-15(23)17-10-4-5-11-12(7-10)25-9-24-11/h1-7H,8-9H2,(H2,17,18,22,23). The van der Waals surface area contributed by atoms with E-state index in [2.05, 4.69) is 20.8 Å². The summed E-state index contributed by atoms with van der Waals surface area (Å²) in [6.07, 6.45) is 1.81. The van der Waals surface area contributed by atoms with Gasteiger partial charge in [-0.05, 0) is 24.3 Å². The normalized spacial score (nSPS) is 12.2. The van der Waals surface area contributed by atoms with Crippen molar-refractivity contribution in [1.82, 2.24) is 19.9 Å². The number of hydrogen-bond acceptors (Lipinski definition) is 7. The van der Waals surface area contributed by atoms with Crippen LogP contribution in [0.3, 0.4) is 0 Å². The number of benzene rings is 1. The second-order valence-corrected chi connectivity index (χ2v) is 6.21. The van der Waals surface area contributed by atoms with Gasteiger partial charge in [0.15, 0.2) is 22.3 Å². The maximum Gasteiger partial charge on any atom is 0.325 e. The van der Waals surface area contributed by atoms with E-state index < -0.39 is 11.9 Å². The Bertz CT molecular complexity index is 990. The van der Waals surface area contributed by atoms with Crippen molar-refractivity contribution >= 4 is 35.0 Å². The van der Waals surface area contributed by atoms with Crippen LogP contribution in [0.5, 0.6) is 11.5 Å². The monoisotopic (exact) mass is 371 g/mol. The number of nitrogens with one attached hydrogen (secondary N) is 2. The third kappa shape index (κ3) is 3.40. The number of carbonyl (C=O) groups is 2. The largest absolute Gasteiger partial charge is 0.454 e. The molecule has 0 saturated heterocycles. The Balaban J connectivity index is 1.31. The molecule has 10 heteroatoms. The van der Waals surface area contributed by atoms with E-state index in [4.69, 9.17) is 9.47 Å². The van der Waals surface area contributed by atoms with Gasteiger partial charge in [0.25, 0.3) is 0 Å². The Morgan fingerprint density at radius 2 is 2.04 bits per heavy atom. The maximum absolute atomic E-state index is 12.0. The number of hydrogen-bond donors (Lipinski definition) is 2. The molecule has 0 spiro atoms. The molecule has 0 radical (unpaired) electrons. The number of carbonyl (C=O) groups excluding carboxylic acids is 2. The molecule has 0 bridgehead atoms. The molecule has 0 saturated carbocycles. The molecule has 1 aliphatic rings. The Kier molecular flexibility index (Phi) is 4.32. The van der Waals surface area contributed by atoms with E-state index in [1.54, 1.807) is 22.6 Å². The van der Waals surface area contributed by atoms with E-state index in [-0.39, 0.29) is 12.5 Å². The number of anilines is 1. The third-order valence-electron chi connectivity index (χ3n) is 3.50. The molecule has 4 rings (SSSR count). The van der Waals surface area contributed by atoms with Crippen molar-refractivity contribution in [2.45, 2.75) is 5.16 Å². The van der Waals surface area contributed by atoms with Crippen LogP contribution in [0.4, 0.5) is 10.5 Å². The van der Waals surface area contributed by atoms with Crippen LogP contribution in [0.25, 0.3) is 5.65 Å². The minimum atomic E-state index is -0.624. The van der Waals surface area contributed by atoms with Gasteiger partial charge in [-0.3, -0.25) is 14.5 Å². The first-order valence-electron chi connectivity index (χ1n) is 7.62. The first-order valence-corrected chi connectivity index (χ1v) is 8.61. The highest BCUT2D eigenvalue weighted by Gasteiger charge is 2.15. The fourth-order valence-corrected chi connectivity index (χ4v) is 3.07. The van der Waals surface area contributed by atoms with Crippen molar-refractivity contribution in [3.05, 3.63) is 42.6 Å². The van der Waals surface area contributed by atoms with Crippen LogP contribution in [-0.2, 0) is 4.79 Å². The predicted octanol–water partition coefficient (Wildman–Crippen LogP) is 1.90.